The van der Waals surface area contributed by atoms with Crippen LogP contribution in [0.3, 0.4) is 0 Å². The van der Waals surface area contributed by atoms with Gasteiger partial charge in [-0.25, -0.2) is 4.98 Å². The van der Waals surface area contributed by atoms with Crippen molar-refractivity contribution in [3.05, 3.63) is 87.9 Å². The summed E-state index contributed by atoms with van der Waals surface area (Å²) >= 11 is 1.58. The van der Waals surface area contributed by atoms with E-state index in [2.05, 4.69) is 10.3 Å². The zero-order valence-corrected chi connectivity index (χ0v) is 16.7. The molecule has 0 aliphatic rings. The smallest absolute Gasteiger partial charge is 0.244 e. The maximum absolute atomic E-state index is 12.3. The van der Waals surface area contributed by atoms with Crippen molar-refractivity contribution in [2.45, 2.75) is 19.6 Å². The lowest BCUT2D eigenvalue weighted by atomic mass is 10.1. The van der Waals surface area contributed by atoms with E-state index in [0.29, 0.717) is 17.9 Å². The van der Waals surface area contributed by atoms with E-state index in [1.54, 1.807) is 41.7 Å². The summed E-state index contributed by atoms with van der Waals surface area (Å²) in [6, 6.07) is 15.4. The van der Waals surface area contributed by atoms with E-state index in [1.807, 2.05) is 42.6 Å². The van der Waals surface area contributed by atoms with Crippen LogP contribution in [0.5, 0.6) is 5.75 Å². The van der Waals surface area contributed by atoms with Gasteiger partial charge in [0.05, 0.1) is 10.7 Å². The molecule has 0 aliphatic carbocycles. The number of aryl methyl sites for hydroxylation is 1. The number of hydrogen-bond donors (Lipinski definition) is 2. The van der Waals surface area contributed by atoms with Gasteiger partial charge in [-0.05, 0) is 36.3 Å². The standard InChI is InChI=1S/C22H21N3O3S/c1-15-24-18(14-29-15)13-28-19-9-5-6-16(12-19)10-11-20(26)25-21(22(23)27)17-7-3-2-4-8-17/h2-12,14,21H,13H2,1H3,(H2,23,27)(H,25,26)/b11-10+. The second kappa shape index (κ2) is 9.66. The Hall–Kier alpha value is -3.45. The quantitative estimate of drug-likeness (QED) is 0.560. The number of aromatic nitrogens is 1. The Morgan fingerprint density at radius 1 is 1.21 bits per heavy atom. The van der Waals surface area contributed by atoms with Crippen LogP contribution in [-0.4, -0.2) is 16.8 Å². The second-order valence-corrected chi connectivity index (χ2v) is 7.37. The molecule has 0 bridgehead atoms. The zero-order chi connectivity index (χ0) is 20.6. The van der Waals surface area contributed by atoms with Gasteiger partial charge in [-0.3, -0.25) is 9.59 Å². The molecule has 0 aliphatic heterocycles. The van der Waals surface area contributed by atoms with Crippen LogP contribution in [0.25, 0.3) is 6.08 Å². The molecule has 3 rings (SSSR count). The SMILES string of the molecule is Cc1nc(COc2cccc(/C=C/C(=O)NC(C(N)=O)c3ccccc3)c2)cs1. The fraction of sp³-hybridized carbons (Fsp3) is 0.136. The van der Waals surface area contributed by atoms with E-state index >= 15 is 0 Å². The number of rotatable bonds is 8. The van der Waals surface area contributed by atoms with Crippen LogP contribution in [-0.2, 0) is 16.2 Å². The highest BCUT2D eigenvalue weighted by atomic mass is 32.1. The third-order valence-electron chi connectivity index (χ3n) is 4.04. The summed E-state index contributed by atoms with van der Waals surface area (Å²) in [6.07, 6.45) is 3.01. The summed E-state index contributed by atoms with van der Waals surface area (Å²) in [5, 5.41) is 5.59. The first-order valence-electron chi connectivity index (χ1n) is 8.98. The van der Waals surface area contributed by atoms with E-state index in [-0.39, 0.29) is 0 Å². The molecule has 2 aromatic carbocycles. The number of primary amides is 1. The second-order valence-electron chi connectivity index (χ2n) is 6.31. The number of nitrogens with one attached hydrogen (secondary N) is 1. The van der Waals surface area contributed by atoms with Crippen LogP contribution in [0.2, 0.25) is 0 Å². The van der Waals surface area contributed by atoms with Gasteiger partial charge in [0.25, 0.3) is 0 Å². The van der Waals surface area contributed by atoms with Gasteiger partial charge in [0, 0.05) is 11.5 Å². The predicted octanol–water partition coefficient (Wildman–Crippen LogP) is 3.39. The first kappa shape index (κ1) is 20.3. The molecular formula is C22H21N3O3S. The van der Waals surface area contributed by atoms with Crippen LogP contribution in [0.15, 0.2) is 66.1 Å². The number of ether oxygens (including phenoxy) is 1. The van der Waals surface area contributed by atoms with Gasteiger partial charge in [-0.15, -0.1) is 11.3 Å². The Labute approximate surface area is 173 Å². The molecule has 29 heavy (non-hydrogen) atoms. The first-order valence-corrected chi connectivity index (χ1v) is 9.86. The molecule has 1 aromatic heterocycles. The summed E-state index contributed by atoms with van der Waals surface area (Å²) in [4.78, 5) is 28.3. The lowest BCUT2D eigenvalue weighted by Crippen LogP contribution is -2.36. The molecular weight excluding hydrogens is 386 g/mol. The van der Waals surface area contributed by atoms with Gasteiger partial charge in [0.15, 0.2) is 0 Å². The Morgan fingerprint density at radius 2 is 2.00 bits per heavy atom. The Kier molecular flexibility index (Phi) is 6.76. The lowest BCUT2D eigenvalue weighted by molar-refractivity contribution is -0.125. The van der Waals surface area contributed by atoms with E-state index in [9.17, 15) is 9.59 Å². The molecule has 6 nitrogen and oxygen atoms in total. The minimum atomic E-state index is -0.885. The normalized spacial score (nSPS) is 11.9. The highest BCUT2D eigenvalue weighted by Gasteiger charge is 2.18. The van der Waals surface area contributed by atoms with Crippen LogP contribution in [0, 0.1) is 6.92 Å². The molecule has 2 amide bonds. The van der Waals surface area contributed by atoms with Crippen LogP contribution in [0.4, 0.5) is 0 Å². The molecule has 148 valence electrons. The first-order chi connectivity index (χ1) is 14.0. The largest absolute Gasteiger partial charge is 0.487 e. The average molecular weight is 407 g/mol. The summed E-state index contributed by atoms with van der Waals surface area (Å²) in [5.41, 5.74) is 7.74. The van der Waals surface area contributed by atoms with Crippen LogP contribution >= 0.6 is 11.3 Å². The molecule has 0 spiro atoms. The van der Waals surface area contributed by atoms with Crippen molar-refractivity contribution in [2.24, 2.45) is 5.73 Å². The van der Waals surface area contributed by atoms with E-state index in [1.165, 1.54) is 6.08 Å². The highest BCUT2D eigenvalue weighted by molar-refractivity contribution is 7.09. The number of carbonyl (C=O) groups excluding carboxylic acids is 2. The van der Waals surface area contributed by atoms with Crippen molar-refractivity contribution in [3.63, 3.8) is 0 Å². The third-order valence-corrected chi connectivity index (χ3v) is 4.86. The summed E-state index contributed by atoms with van der Waals surface area (Å²) in [6.45, 7) is 2.33. The third kappa shape index (κ3) is 6.02. The summed E-state index contributed by atoms with van der Waals surface area (Å²) in [7, 11) is 0. The fourth-order valence-corrected chi connectivity index (χ4v) is 3.26. The van der Waals surface area contributed by atoms with Gasteiger partial charge in [0.2, 0.25) is 11.8 Å². The maximum atomic E-state index is 12.3. The van der Waals surface area contributed by atoms with Crippen molar-refractivity contribution in [2.75, 3.05) is 0 Å². The Balaban J connectivity index is 1.61. The minimum absolute atomic E-state index is 0.384. The summed E-state index contributed by atoms with van der Waals surface area (Å²) in [5.74, 6) is -0.356. The lowest BCUT2D eigenvalue weighted by Gasteiger charge is -2.14. The predicted molar refractivity (Wildman–Crippen MR) is 113 cm³/mol. The number of hydrogen-bond acceptors (Lipinski definition) is 5. The number of carbonyl (C=O) groups is 2. The molecule has 1 unspecified atom stereocenters. The van der Waals surface area contributed by atoms with E-state index in [0.717, 1.165) is 16.3 Å². The molecule has 3 aromatic rings. The Morgan fingerprint density at radius 3 is 2.69 bits per heavy atom. The molecule has 0 fully saturated rings. The molecule has 1 heterocycles. The van der Waals surface area contributed by atoms with Gasteiger partial charge in [0.1, 0.15) is 18.4 Å². The van der Waals surface area contributed by atoms with Gasteiger partial charge in [-0.1, -0.05) is 42.5 Å². The van der Waals surface area contributed by atoms with Crippen molar-refractivity contribution in [1.82, 2.24) is 10.3 Å². The van der Waals surface area contributed by atoms with Crippen LogP contribution < -0.4 is 15.8 Å². The number of thiazole rings is 1. The number of amides is 2. The van der Waals surface area contributed by atoms with E-state index in [4.69, 9.17) is 10.5 Å². The Bertz CT molecular complexity index is 1010. The summed E-state index contributed by atoms with van der Waals surface area (Å²) < 4.78 is 5.76. The molecule has 3 N–H and O–H groups in total. The van der Waals surface area contributed by atoms with Gasteiger partial charge in [-0.2, -0.15) is 0 Å². The van der Waals surface area contributed by atoms with Crippen molar-refractivity contribution < 1.29 is 14.3 Å². The molecule has 0 radical (unpaired) electrons. The van der Waals surface area contributed by atoms with Gasteiger partial charge < -0.3 is 15.8 Å². The molecule has 1 atom stereocenters. The van der Waals surface area contributed by atoms with E-state index < -0.39 is 17.9 Å². The number of benzene rings is 2. The number of nitrogens with two attached hydrogens (primary N) is 1. The maximum Gasteiger partial charge on any atom is 0.244 e. The topological polar surface area (TPSA) is 94.3 Å². The van der Waals surface area contributed by atoms with Crippen molar-refractivity contribution >= 4 is 29.2 Å². The van der Waals surface area contributed by atoms with Crippen molar-refractivity contribution in [3.8, 4) is 5.75 Å². The zero-order valence-electron chi connectivity index (χ0n) is 15.9. The molecule has 0 saturated heterocycles. The van der Waals surface area contributed by atoms with Crippen molar-refractivity contribution in [1.29, 1.82) is 0 Å². The molecule has 0 saturated carbocycles. The average Bonchev–Trinajstić information content (AvgIpc) is 3.15. The fourth-order valence-electron chi connectivity index (χ4n) is 2.67. The molecule has 7 heteroatoms. The monoisotopic (exact) mass is 407 g/mol. The van der Waals surface area contributed by atoms with Gasteiger partial charge >= 0.3 is 0 Å². The minimum Gasteiger partial charge on any atom is -0.487 e. The van der Waals surface area contributed by atoms with Crippen LogP contribution in [0.1, 0.15) is 27.9 Å². The highest BCUT2D eigenvalue weighted by Crippen LogP contribution is 2.17. The number of nitrogens with zero attached hydrogens (tertiary/aromatic N) is 1.